The third-order valence-electron chi connectivity index (χ3n) is 3.58. The van der Waals surface area contributed by atoms with Gasteiger partial charge < -0.3 is 14.6 Å². The summed E-state index contributed by atoms with van der Waals surface area (Å²) in [4.78, 5) is 10.9. The minimum absolute atomic E-state index is 0.215. The van der Waals surface area contributed by atoms with Crippen LogP contribution < -0.4 is 9.47 Å². The van der Waals surface area contributed by atoms with Crippen LogP contribution in [0.25, 0.3) is 16.9 Å². The summed E-state index contributed by atoms with van der Waals surface area (Å²) in [6.45, 7) is 0.215. The highest BCUT2D eigenvalue weighted by atomic mass is 16.7. The number of nitrogens with zero attached hydrogens (tertiary/aromatic N) is 3. The zero-order valence-corrected chi connectivity index (χ0v) is 11.8. The first-order chi connectivity index (χ1) is 11.2. The molecule has 3 aromatic rings. The summed E-state index contributed by atoms with van der Waals surface area (Å²) < 4.78 is 12.3. The van der Waals surface area contributed by atoms with Crippen molar-refractivity contribution in [2.75, 3.05) is 6.79 Å². The largest absolute Gasteiger partial charge is 0.478 e. The number of aromatic nitrogens is 3. The number of hydrogen-bond acceptors (Lipinski definition) is 5. The van der Waals surface area contributed by atoms with Crippen molar-refractivity contribution < 1.29 is 19.4 Å². The molecule has 0 atom stereocenters. The van der Waals surface area contributed by atoms with Crippen molar-refractivity contribution in [3.05, 3.63) is 54.2 Å². The van der Waals surface area contributed by atoms with Gasteiger partial charge in [-0.2, -0.15) is 0 Å². The van der Waals surface area contributed by atoms with Crippen molar-refractivity contribution in [2.45, 2.75) is 0 Å². The summed E-state index contributed by atoms with van der Waals surface area (Å²) in [7, 11) is 0. The second kappa shape index (κ2) is 5.13. The van der Waals surface area contributed by atoms with E-state index >= 15 is 0 Å². The average molecular weight is 309 g/mol. The lowest BCUT2D eigenvalue weighted by Crippen LogP contribution is -2.01. The molecule has 23 heavy (non-hydrogen) atoms. The zero-order valence-electron chi connectivity index (χ0n) is 11.8. The molecule has 4 rings (SSSR count). The molecule has 0 amide bonds. The molecule has 0 bridgehead atoms. The normalized spacial score (nSPS) is 12.3. The van der Waals surface area contributed by atoms with Gasteiger partial charge in [0, 0.05) is 5.56 Å². The molecule has 0 radical (unpaired) electrons. The Morgan fingerprint density at radius 1 is 1.09 bits per heavy atom. The van der Waals surface area contributed by atoms with Gasteiger partial charge in [0.25, 0.3) is 0 Å². The van der Waals surface area contributed by atoms with Crippen LogP contribution in [-0.2, 0) is 0 Å². The summed E-state index contributed by atoms with van der Waals surface area (Å²) in [6.07, 6.45) is 1.64. The Morgan fingerprint density at radius 3 is 2.65 bits per heavy atom. The molecule has 1 N–H and O–H groups in total. The fraction of sp³-hybridized carbons (Fsp3) is 0.0625. The molecular formula is C16H11N3O4. The van der Waals surface area contributed by atoms with Crippen molar-refractivity contribution in [2.24, 2.45) is 0 Å². The molecule has 2 heterocycles. The van der Waals surface area contributed by atoms with E-state index in [1.54, 1.807) is 23.0 Å². The van der Waals surface area contributed by atoms with Crippen molar-refractivity contribution in [3.8, 4) is 28.4 Å². The first-order valence-electron chi connectivity index (χ1n) is 6.87. The van der Waals surface area contributed by atoms with Crippen LogP contribution >= 0.6 is 0 Å². The highest BCUT2D eigenvalue weighted by Gasteiger charge is 2.16. The summed E-state index contributed by atoms with van der Waals surface area (Å²) in [6, 6.07) is 12.0. The van der Waals surface area contributed by atoms with Gasteiger partial charge in [-0.3, -0.25) is 0 Å². The van der Waals surface area contributed by atoms with E-state index in [4.69, 9.17) is 14.6 Å². The molecule has 0 spiro atoms. The maximum absolute atomic E-state index is 10.9. The van der Waals surface area contributed by atoms with Crippen LogP contribution in [0.1, 0.15) is 10.4 Å². The number of ether oxygens (including phenoxy) is 2. The third-order valence-corrected chi connectivity index (χ3v) is 3.58. The van der Waals surface area contributed by atoms with Gasteiger partial charge in [0.15, 0.2) is 11.5 Å². The topological polar surface area (TPSA) is 86.5 Å². The highest BCUT2D eigenvalue weighted by molar-refractivity contribution is 5.87. The molecule has 1 aromatic heterocycles. The van der Waals surface area contributed by atoms with Gasteiger partial charge in [-0.05, 0) is 42.5 Å². The van der Waals surface area contributed by atoms with E-state index in [1.807, 2.05) is 18.2 Å². The quantitative estimate of drug-likeness (QED) is 0.799. The zero-order chi connectivity index (χ0) is 15.8. The Morgan fingerprint density at radius 2 is 1.87 bits per heavy atom. The maximum atomic E-state index is 10.9. The number of fused-ring (bicyclic) bond motifs is 1. The van der Waals surface area contributed by atoms with Crippen LogP contribution in [-0.4, -0.2) is 32.9 Å². The van der Waals surface area contributed by atoms with Crippen LogP contribution in [0.3, 0.4) is 0 Å². The second-order valence-electron chi connectivity index (χ2n) is 4.95. The number of carboxylic acids is 1. The summed E-state index contributed by atoms with van der Waals surface area (Å²) in [5.74, 6) is 0.418. The molecule has 0 unspecified atom stereocenters. The van der Waals surface area contributed by atoms with Gasteiger partial charge in [0.1, 0.15) is 0 Å². The number of rotatable bonds is 3. The number of aromatic carboxylic acids is 1. The lowest BCUT2D eigenvalue weighted by atomic mass is 10.1. The van der Waals surface area contributed by atoms with Crippen LogP contribution in [0.5, 0.6) is 11.5 Å². The van der Waals surface area contributed by atoms with E-state index in [2.05, 4.69) is 10.3 Å². The third kappa shape index (κ3) is 2.28. The Hall–Kier alpha value is -3.35. The molecule has 0 saturated heterocycles. The highest BCUT2D eigenvalue weighted by Crippen LogP contribution is 2.36. The molecule has 2 aromatic carbocycles. The predicted molar refractivity (Wildman–Crippen MR) is 79.9 cm³/mol. The Labute approximate surface area is 130 Å². The van der Waals surface area contributed by atoms with Gasteiger partial charge in [0.2, 0.25) is 6.79 Å². The molecular weight excluding hydrogens is 298 g/mol. The van der Waals surface area contributed by atoms with Gasteiger partial charge >= 0.3 is 5.97 Å². The molecule has 1 aliphatic rings. The number of carboxylic acid groups (broad SMARTS) is 1. The summed E-state index contributed by atoms with van der Waals surface area (Å²) in [5, 5.41) is 17.0. The van der Waals surface area contributed by atoms with Crippen molar-refractivity contribution in [1.82, 2.24) is 15.0 Å². The Bertz CT molecular complexity index is 887. The predicted octanol–water partition coefficient (Wildman–Crippen LogP) is 2.36. The fourth-order valence-corrected chi connectivity index (χ4v) is 2.42. The molecule has 0 saturated carbocycles. The van der Waals surface area contributed by atoms with E-state index in [9.17, 15) is 4.79 Å². The van der Waals surface area contributed by atoms with E-state index in [1.165, 1.54) is 12.1 Å². The van der Waals surface area contributed by atoms with Crippen LogP contribution in [0.2, 0.25) is 0 Å². The second-order valence-corrected chi connectivity index (χ2v) is 4.95. The molecule has 7 nitrogen and oxygen atoms in total. The van der Waals surface area contributed by atoms with Gasteiger partial charge in [0.05, 0.1) is 23.1 Å². The van der Waals surface area contributed by atoms with Crippen LogP contribution in [0, 0.1) is 0 Å². The molecule has 114 valence electrons. The van der Waals surface area contributed by atoms with Crippen LogP contribution in [0.15, 0.2) is 48.7 Å². The Kier molecular flexibility index (Phi) is 2.97. The minimum atomic E-state index is -0.967. The summed E-state index contributed by atoms with van der Waals surface area (Å²) >= 11 is 0. The lowest BCUT2D eigenvalue weighted by molar-refractivity contribution is 0.0697. The number of benzene rings is 2. The maximum Gasteiger partial charge on any atom is 0.335 e. The minimum Gasteiger partial charge on any atom is -0.478 e. The number of hydrogen-bond donors (Lipinski definition) is 1. The molecule has 0 fully saturated rings. The van der Waals surface area contributed by atoms with E-state index in [-0.39, 0.29) is 12.4 Å². The van der Waals surface area contributed by atoms with E-state index in [0.29, 0.717) is 11.5 Å². The monoisotopic (exact) mass is 309 g/mol. The lowest BCUT2D eigenvalue weighted by Gasteiger charge is -2.07. The molecule has 0 aliphatic carbocycles. The van der Waals surface area contributed by atoms with E-state index < -0.39 is 5.97 Å². The SMILES string of the molecule is O=C(O)c1ccc(-n2nncc2-c2ccc3c(c2)OCO3)cc1. The van der Waals surface area contributed by atoms with E-state index in [0.717, 1.165) is 16.9 Å². The molecule has 7 heteroatoms. The Balaban J connectivity index is 1.75. The first kappa shape index (κ1) is 13.3. The fourth-order valence-electron chi connectivity index (χ4n) is 2.42. The average Bonchev–Trinajstić information content (AvgIpc) is 3.23. The molecule has 1 aliphatic heterocycles. The standard InChI is InChI=1S/C16H11N3O4/c20-16(21)10-1-4-12(5-2-10)19-13(8-17-18-19)11-3-6-14-15(7-11)23-9-22-14/h1-8H,9H2,(H,20,21). The number of carbonyl (C=O) groups is 1. The van der Waals surface area contributed by atoms with Crippen molar-refractivity contribution >= 4 is 5.97 Å². The smallest absolute Gasteiger partial charge is 0.335 e. The summed E-state index contributed by atoms with van der Waals surface area (Å²) in [5.41, 5.74) is 2.59. The van der Waals surface area contributed by atoms with Crippen molar-refractivity contribution in [1.29, 1.82) is 0 Å². The van der Waals surface area contributed by atoms with Crippen LogP contribution in [0.4, 0.5) is 0 Å². The van der Waals surface area contributed by atoms with Crippen molar-refractivity contribution in [3.63, 3.8) is 0 Å². The van der Waals surface area contributed by atoms with Gasteiger partial charge in [-0.1, -0.05) is 5.21 Å². The van der Waals surface area contributed by atoms with Gasteiger partial charge in [-0.25, -0.2) is 9.48 Å². The first-order valence-corrected chi connectivity index (χ1v) is 6.87. The van der Waals surface area contributed by atoms with Gasteiger partial charge in [-0.15, -0.1) is 5.10 Å².